The van der Waals surface area contributed by atoms with Crippen molar-refractivity contribution in [2.75, 3.05) is 0 Å². The molecule has 0 saturated heterocycles. The summed E-state index contributed by atoms with van der Waals surface area (Å²) >= 11 is 0. The minimum atomic E-state index is 0. The molecule has 0 saturated carbocycles. The molecule has 0 N–H and O–H groups in total. The van der Waals surface area contributed by atoms with Crippen LogP contribution in [-0.2, 0) is 29.3 Å². The van der Waals surface area contributed by atoms with Gasteiger partial charge in [-0.3, -0.25) is 0 Å². The topological polar surface area (TPSA) is 36.4 Å². The SMILES string of the molecule is CCCCCCc1cccc(C(=CC(=C=[N+]=[N-])CCCC)c2cccc(CCCC)c2)c1.[CH3-].[CH3-].[Ni+2]. The van der Waals surface area contributed by atoms with Gasteiger partial charge in [0, 0.05) is 0 Å². The van der Waals surface area contributed by atoms with Crippen molar-refractivity contribution in [3.63, 3.8) is 0 Å². The van der Waals surface area contributed by atoms with Gasteiger partial charge in [-0.2, -0.15) is 0 Å². The quantitative estimate of drug-likeness (QED) is 0.0455. The first kappa shape index (κ1) is 35.0. The van der Waals surface area contributed by atoms with Gasteiger partial charge < -0.3 is 20.4 Å². The second-order valence-electron chi connectivity index (χ2n) is 8.71. The van der Waals surface area contributed by atoms with Crippen molar-refractivity contribution < 1.29 is 21.3 Å². The van der Waals surface area contributed by atoms with Gasteiger partial charge in [-0.05, 0) is 72.4 Å². The first-order valence-electron chi connectivity index (χ1n) is 12.6. The monoisotopic (exact) mass is 516 g/mol. The summed E-state index contributed by atoms with van der Waals surface area (Å²) in [6.45, 7) is 6.67. The van der Waals surface area contributed by atoms with E-state index < -0.39 is 0 Å². The molecule has 2 aromatic rings. The number of benzene rings is 2. The second-order valence-corrected chi connectivity index (χ2v) is 8.71. The number of hydrogen-bond acceptors (Lipinski definition) is 0. The third kappa shape index (κ3) is 12.9. The van der Waals surface area contributed by atoms with Gasteiger partial charge in [-0.15, -0.1) is 4.79 Å². The summed E-state index contributed by atoms with van der Waals surface area (Å²) < 4.78 is 0. The molecule has 0 aliphatic heterocycles. The average Bonchev–Trinajstić information content (AvgIpc) is 2.82. The van der Waals surface area contributed by atoms with E-state index in [9.17, 15) is 5.53 Å². The fourth-order valence-electron chi connectivity index (χ4n) is 4.02. The predicted molar refractivity (Wildman–Crippen MR) is 151 cm³/mol. The van der Waals surface area contributed by atoms with E-state index in [1.54, 1.807) is 0 Å². The minimum Gasteiger partial charge on any atom is -0.358 e. The molecule has 0 spiro atoms. The maximum Gasteiger partial charge on any atom is 2.00 e. The Morgan fingerprint density at radius 1 is 0.771 bits per heavy atom. The third-order valence-electron chi connectivity index (χ3n) is 5.93. The van der Waals surface area contributed by atoms with Crippen LogP contribution < -0.4 is 0 Å². The fourth-order valence-corrected chi connectivity index (χ4v) is 4.02. The summed E-state index contributed by atoms with van der Waals surface area (Å²) in [5, 5.41) is 0. The van der Waals surface area contributed by atoms with Crippen LogP contribution in [0.5, 0.6) is 0 Å². The average molecular weight is 517 g/mol. The van der Waals surface area contributed by atoms with Crippen molar-refractivity contribution in [3.8, 4) is 0 Å². The van der Waals surface area contributed by atoms with Gasteiger partial charge in [0.05, 0.1) is 5.57 Å². The van der Waals surface area contributed by atoms with E-state index in [4.69, 9.17) is 0 Å². The van der Waals surface area contributed by atoms with Crippen molar-refractivity contribution in [2.24, 2.45) is 0 Å². The number of nitrogens with zero attached hydrogens (tertiary/aromatic N) is 2. The largest absolute Gasteiger partial charge is 2.00 e. The van der Waals surface area contributed by atoms with Gasteiger partial charge >= 0.3 is 22.4 Å². The summed E-state index contributed by atoms with van der Waals surface area (Å²) in [5.41, 5.74) is 16.5. The van der Waals surface area contributed by atoms with E-state index in [1.807, 2.05) is 0 Å². The number of unbranched alkanes of at least 4 members (excludes halogenated alkanes) is 5. The molecule has 0 heterocycles. The molecule has 194 valence electrons. The van der Waals surface area contributed by atoms with Gasteiger partial charge in [-0.25, -0.2) is 0 Å². The van der Waals surface area contributed by atoms with E-state index in [0.29, 0.717) is 0 Å². The summed E-state index contributed by atoms with van der Waals surface area (Å²) in [4.78, 5) is 3.23. The summed E-state index contributed by atoms with van der Waals surface area (Å²) in [7, 11) is 0. The van der Waals surface area contributed by atoms with E-state index >= 15 is 0 Å². The second kappa shape index (κ2) is 21.1. The van der Waals surface area contributed by atoms with Crippen LogP contribution in [0.2, 0.25) is 0 Å². The Balaban J connectivity index is 0. The number of hydrogen-bond donors (Lipinski definition) is 0. The van der Waals surface area contributed by atoms with Gasteiger partial charge in [-0.1, -0.05) is 101 Å². The number of aryl methyl sites for hydroxylation is 2. The van der Waals surface area contributed by atoms with Gasteiger partial charge in [0.2, 0.25) is 0 Å². The smallest absolute Gasteiger partial charge is 0.358 e. The molecule has 2 nitrogen and oxygen atoms in total. The normalized spacial score (nSPS) is 10.2. The molecule has 35 heavy (non-hydrogen) atoms. The Kier molecular flexibility index (Phi) is 21.1. The van der Waals surface area contributed by atoms with Crippen LogP contribution >= 0.6 is 0 Å². The van der Waals surface area contributed by atoms with Gasteiger partial charge in [0.25, 0.3) is 0 Å². The predicted octanol–water partition coefficient (Wildman–Crippen LogP) is 9.50. The van der Waals surface area contributed by atoms with Gasteiger partial charge in [0.15, 0.2) is 0 Å². The van der Waals surface area contributed by atoms with Crippen LogP contribution in [0, 0.1) is 14.9 Å². The van der Waals surface area contributed by atoms with E-state index in [-0.39, 0.29) is 31.3 Å². The van der Waals surface area contributed by atoms with Crippen LogP contribution in [0.4, 0.5) is 0 Å². The zero-order chi connectivity index (χ0) is 23.0. The first-order valence-corrected chi connectivity index (χ1v) is 12.6. The molecule has 0 fully saturated rings. The Bertz CT molecular complexity index is 948. The van der Waals surface area contributed by atoms with Crippen molar-refractivity contribution >= 4 is 11.4 Å². The Morgan fingerprint density at radius 2 is 1.31 bits per heavy atom. The van der Waals surface area contributed by atoms with Crippen molar-refractivity contribution in [2.45, 2.75) is 91.4 Å². The molecule has 0 bridgehead atoms. The standard InChI is InChI=1S/C30H40N2.2CH3.Ni/c1-4-7-10-11-16-26-18-13-20-29(22-26)30(23-27(24-32-31)15-9-6-3)28-19-12-17-25(21-28)14-8-5-2;;;/h12-13,17-23H,4-11,14-16H2,1-3H3;2*1H3;/q;2*-1;+2. The van der Waals surface area contributed by atoms with Crippen LogP contribution in [-0.4, -0.2) is 10.7 Å². The summed E-state index contributed by atoms with van der Waals surface area (Å²) in [5.74, 6) is 2.82. The number of allylic oxidation sites excluding steroid dienone is 2. The van der Waals surface area contributed by atoms with Crippen molar-refractivity contribution in [1.82, 2.24) is 0 Å². The van der Waals surface area contributed by atoms with Crippen LogP contribution in [0.25, 0.3) is 11.1 Å². The Morgan fingerprint density at radius 3 is 1.83 bits per heavy atom. The molecular weight excluding hydrogens is 471 g/mol. The molecule has 3 heteroatoms. The first-order chi connectivity index (χ1) is 15.7. The Hall–Kier alpha value is -2.17. The molecule has 0 aliphatic rings. The van der Waals surface area contributed by atoms with Crippen molar-refractivity contribution in [3.05, 3.63) is 103 Å². The fraction of sp³-hybridized carbons (Fsp3) is 0.438. The molecule has 2 rings (SSSR count). The zero-order valence-corrected chi connectivity index (χ0v) is 23.7. The molecule has 0 atom stereocenters. The zero-order valence-electron chi connectivity index (χ0n) is 22.7. The molecule has 0 amide bonds. The summed E-state index contributed by atoms with van der Waals surface area (Å²) in [6.07, 6.45) is 14.9. The maximum absolute atomic E-state index is 9.18. The van der Waals surface area contributed by atoms with Crippen LogP contribution in [0.1, 0.15) is 101 Å². The Labute approximate surface area is 226 Å². The molecule has 0 unspecified atom stereocenters. The third-order valence-corrected chi connectivity index (χ3v) is 5.93. The number of rotatable bonds is 14. The van der Waals surface area contributed by atoms with E-state index in [2.05, 4.69) is 86.0 Å². The molecule has 2 aromatic carbocycles. The van der Waals surface area contributed by atoms with E-state index in [1.165, 1.54) is 66.4 Å². The minimum absolute atomic E-state index is 0. The van der Waals surface area contributed by atoms with Crippen LogP contribution in [0.15, 0.2) is 60.2 Å². The molecule has 0 radical (unpaired) electrons. The summed E-state index contributed by atoms with van der Waals surface area (Å²) in [6, 6.07) is 17.9. The molecule has 0 aliphatic carbocycles. The van der Waals surface area contributed by atoms with Gasteiger partial charge in [0.1, 0.15) is 0 Å². The van der Waals surface area contributed by atoms with E-state index in [0.717, 1.165) is 37.7 Å². The molecule has 0 aromatic heterocycles. The van der Waals surface area contributed by atoms with Crippen molar-refractivity contribution in [1.29, 1.82) is 0 Å². The van der Waals surface area contributed by atoms with Crippen LogP contribution in [0.3, 0.4) is 0 Å². The molecular formula is C32H46N2Ni. The maximum atomic E-state index is 9.18.